The molecule has 0 saturated heterocycles. The number of nitrogens with one attached hydrogen (secondary N) is 2. The van der Waals surface area contributed by atoms with Crippen LogP contribution in [-0.2, 0) is 24.7 Å². The van der Waals surface area contributed by atoms with Gasteiger partial charge >= 0.3 is 5.97 Å². The molecule has 2 N–H and O–H groups in total. The predicted molar refractivity (Wildman–Crippen MR) is 194 cm³/mol. The molecule has 0 aliphatic carbocycles. The topological polar surface area (TPSA) is 124 Å². The number of carbonyl (C=O) groups is 3. The number of fused-ring (bicyclic) bond motifs is 1. The van der Waals surface area contributed by atoms with Crippen molar-refractivity contribution < 1.29 is 28.2 Å². The summed E-state index contributed by atoms with van der Waals surface area (Å²) in [5, 5.41) is 10.5. The van der Waals surface area contributed by atoms with Gasteiger partial charge in [0.25, 0.3) is 5.91 Å². The van der Waals surface area contributed by atoms with Crippen LogP contribution in [0.3, 0.4) is 0 Å². The fourth-order valence-electron chi connectivity index (χ4n) is 6.32. The average Bonchev–Trinajstić information content (AvgIpc) is 3.63. The van der Waals surface area contributed by atoms with Gasteiger partial charge in [0.2, 0.25) is 5.91 Å². The quantitative estimate of drug-likeness (QED) is 0.110. The van der Waals surface area contributed by atoms with Crippen molar-refractivity contribution in [1.29, 1.82) is 0 Å². The molecule has 10 nitrogen and oxygen atoms in total. The zero-order valence-electron chi connectivity index (χ0n) is 28.9. The van der Waals surface area contributed by atoms with Crippen molar-refractivity contribution in [2.24, 2.45) is 0 Å². The van der Waals surface area contributed by atoms with Crippen molar-refractivity contribution in [2.45, 2.75) is 44.1 Å². The van der Waals surface area contributed by atoms with Gasteiger partial charge in [-0.3, -0.25) is 14.6 Å². The van der Waals surface area contributed by atoms with E-state index < -0.39 is 41.6 Å². The Balaban J connectivity index is 1.27. The van der Waals surface area contributed by atoms with Gasteiger partial charge in [0.05, 0.1) is 42.4 Å². The zero-order chi connectivity index (χ0) is 36.7. The maximum absolute atomic E-state index is 13.9. The first kappa shape index (κ1) is 35.6. The molecule has 2 heterocycles. The highest BCUT2D eigenvalue weighted by atomic mass is 19.1. The van der Waals surface area contributed by atoms with E-state index in [1.807, 2.05) is 91.0 Å². The summed E-state index contributed by atoms with van der Waals surface area (Å²) >= 11 is 0. The largest absolute Gasteiger partial charge is 0.467 e. The van der Waals surface area contributed by atoms with Crippen LogP contribution in [0, 0.1) is 5.82 Å². The van der Waals surface area contributed by atoms with Gasteiger partial charge < -0.3 is 20.1 Å². The molecule has 11 heteroatoms. The molecule has 2 unspecified atom stereocenters. The maximum atomic E-state index is 13.9. The normalized spacial score (nSPS) is 13.2. The molecule has 0 aliphatic heterocycles. The second-order valence-electron chi connectivity index (χ2n) is 12.2. The van der Waals surface area contributed by atoms with Gasteiger partial charge in [0.1, 0.15) is 17.5 Å². The molecule has 52 heavy (non-hydrogen) atoms. The second kappa shape index (κ2) is 15.8. The number of esters is 1. The third-order valence-electron chi connectivity index (χ3n) is 8.97. The molecule has 6 aromatic rings. The molecular formula is C41H38FN5O5. The summed E-state index contributed by atoms with van der Waals surface area (Å²) in [4.78, 5) is 45.1. The molecule has 0 radical (unpaired) electrons. The van der Waals surface area contributed by atoms with E-state index >= 15 is 0 Å². The van der Waals surface area contributed by atoms with E-state index in [9.17, 15) is 18.8 Å². The van der Waals surface area contributed by atoms with Crippen LogP contribution in [0.1, 0.15) is 47.3 Å². The summed E-state index contributed by atoms with van der Waals surface area (Å²) < 4.78 is 27.3. The van der Waals surface area contributed by atoms with Crippen molar-refractivity contribution in [2.75, 3.05) is 7.11 Å². The molecule has 6 rings (SSSR count). The fraction of sp³-hybridized carbons (Fsp3) is 0.195. The first-order valence-corrected chi connectivity index (χ1v) is 16.9. The summed E-state index contributed by atoms with van der Waals surface area (Å²) in [6, 6.07) is 32.5. The Labute approximate surface area is 300 Å². The van der Waals surface area contributed by atoms with Crippen LogP contribution in [0.5, 0.6) is 0 Å². The molecule has 0 bridgehead atoms. The molecule has 0 saturated carbocycles. The number of rotatable bonds is 13. The zero-order valence-corrected chi connectivity index (χ0v) is 28.9. The number of pyridine rings is 1. The van der Waals surface area contributed by atoms with Crippen LogP contribution in [-0.4, -0.2) is 57.8 Å². The number of amides is 2. The van der Waals surface area contributed by atoms with Crippen molar-refractivity contribution in [3.63, 3.8) is 0 Å². The molecule has 0 aliphatic rings. The highest BCUT2D eigenvalue weighted by Gasteiger charge is 2.42. The third-order valence-corrected chi connectivity index (χ3v) is 8.97. The van der Waals surface area contributed by atoms with Crippen LogP contribution in [0.15, 0.2) is 134 Å². The maximum Gasteiger partial charge on any atom is 0.331 e. The van der Waals surface area contributed by atoms with Gasteiger partial charge in [-0.1, -0.05) is 97.9 Å². The molecule has 0 spiro atoms. The second-order valence-corrected chi connectivity index (χ2v) is 12.2. The Kier molecular flexibility index (Phi) is 10.8. The van der Waals surface area contributed by atoms with Crippen LogP contribution < -0.4 is 10.6 Å². The van der Waals surface area contributed by atoms with E-state index in [0.29, 0.717) is 16.6 Å². The molecular weight excluding hydrogens is 661 g/mol. The fourth-order valence-corrected chi connectivity index (χ4v) is 6.32. The summed E-state index contributed by atoms with van der Waals surface area (Å²) in [5.74, 6) is -2.27. The van der Waals surface area contributed by atoms with E-state index in [1.165, 1.54) is 31.6 Å². The molecule has 3 atom stereocenters. The number of methoxy groups -OCH3 is 1. The number of carbonyl (C=O) groups excluding carboxylic acids is 3. The summed E-state index contributed by atoms with van der Waals surface area (Å²) in [7, 11) is 1.24. The Morgan fingerprint density at radius 2 is 1.35 bits per heavy atom. The highest BCUT2D eigenvalue weighted by Crippen LogP contribution is 2.41. The summed E-state index contributed by atoms with van der Waals surface area (Å²) in [6.07, 6.45) is 3.74. The van der Waals surface area contributed by atoms with Gasteiger partial charge in [-0.05, 0) is 54.3 Å². The number of hydrogen-bond acceptors (Lipinski definition) is 7. The summed E-state index contributed by atoms with van der Waals surface area (Å²) in [5.41, 5.74) is 2.57. The van der Waals surface area contributed by atoms with E-state index in [-0.39, 0.29) is 17.8 Å². The Morgan fingerprint density at radius 3 is 1.87 bits per heavy atom. The number of hydrogen-bond donors (Lipinski definition) is 2. The number of ether oxygens (including phenoxy) is 2. The van der Waals surface area contributed by atoms with Gasteiger partial charge in [-0.2, -0.15) is 5.10 Å². The van der Waals surface area contributed by atoms with Crippen molar-refractivity contribution in [1.82, 2.24) is 25.4 Å². The number of benzene rings is 4. The minimum Gasteiger partial charge on any atom is -0.467 e. The SMILES string of the molecule is CCC(NC(=O)c1cncc2c1cnn2-c1ccc(F)cc1)C(=O)NC(C(=O)OC)[C@@H](C)OC(c1ccccc1)(c1ccccc1)c1ccccc1. The molecule has 0 fully saturated rings. The molecule has 4 aromatic carbocycles. The highest BCUT2D eigenvalue weighted by molar-refractivity contribution is 6.07. The van der Waals surface area contributed by atoms with Gasteiger partial charge in [-0.15, -0.1) is 0 Å². The van der Waals surface area contributed by atoms with Crippen LogP contribution in [0.2, 0.25) is 0 Å². The lowest BCUT2D eigenvalue weighted by atomic mass is 9.79. The Hall–Kier alpha value is -6.20. The Bertz CT molecular complexity index is 2050. The first-order chi connectivity index (χ1) is 25.3. The minimum atomic E-state index is -1.25. The standard InChI is InChI=1S/C41H38FN5O5/c1-4-35(45-38(48)34-24-43-26-36-33(34)25-44-47(36)32-22-20-31(42)21-23-32)39(49)46-37(40(50)51-3)27(2)52-41(28-14-8-5-9-15-28,29-16-10-6-11-17-29)30-18-12-7-13-19-30/h5-27,35,37H,4H2,1-3H3,(H,45,48)(H,46,49)/t27-,35?,37?/m1/s1. The first-order valence-electron chi connectivity index (χ1n) is 16.9. The lowest BCUT2D eigenvalue weighted by Gasteiger charge is -2.39. The van der Waals surface area contributed by atoms with Crippen LogP contribution >= 0.6 is 0 Å². The Morgan fingerprint density at radius 1 is 0.788 bits per heavy atom. The average molecular weight is 700 g/mol. The third kappa shape index (κ3) is 7.17. The van der Waals surface area contributed by atoms with Crippen molar-refractivity contribution in [3.05, 3.63) is 162 Å². The lowest BCUT2D eigenvalue weighted by Crippen LogP contribution is -2.56. The number of nitrogens with zero attached hydrogens (tertiary/aromatic N) is 3. The minimum absolute atomic E-state index is 0.191. The van der Waals surface area contributed by atoms with Gasteiger partial charge in [0.15, 0.2) is 6.04 Å². The van der Waals surface area contributed by atoms with Gasteiger partial charge in [0, 0.05) is 11.6 Å². The van der Waals surface area contributed by atoms with E-state index in [4.69, 9.17) is 9.47 Å². The predicted octanol–water partition coefficient (Wildman–Crippen LogP) is 6.12. The van der Waals surface area contributed by atoms with Crippen LogP contribution in [0.4, 0.5) is 4.39 Å². The van der Waals surface area contributed by atoms with Crippen molar-refractivity contribution in [3.8, 4) is 5.69 Å². The number of aromatic nitrogens is 3. The van der Waals surface area contributed by atoms with E-state index in [0.717, 1.165) is 16.7 Å². The smallest absolute Gasteiger partial charge is 0.331 e. The summed E-state index contributed by atoms with van der Waals surface area (Å²) in [6.45, 7) is 3.45. The van der Waals surface area contributed by atoms with E-state index in [2.05, 4.69) is 20.7 Å². The van der Waals surface area contributed by atoms with Crippen LogP contribution in [0.25, 0.3) is 16.6 Å². The molecule has 2 amide bonds. The lowest BCUT2D eigenvalue weighted by molar-refractivity contribution is -0.153. The van der Waals surface area contributed by atoms with E-state index in [1.54, 1.807) is 36.9 Å². The molecule has 264 valence electrons. The van der Waals surface area contributed by atoms with Crippen molar-refractivity contribution >= 4 is 28.7 Å². The number of halogens is 1. The van der Waals surface area contributed by atoms with Gasteiger partial charge in [-0.25, -0.2) is 13.9 Å². The molecule has 2 aromatic heterocycles. The monoisotopic (exact) mass is 699 g/mol.